The molecule has 1 aromatic rings. The van der Waals surface area contributed by atoms with Crippen molar-refractivity contribution in [2.75, 3.05) is 18.5 Å². The Bertz CT molecular complexity index is 484. The van der Waals surface area contributed by atoms with Gasteiger partial charge < -0.3 is 10.1 Å². The molecule has 1 atom stereocenters. The van der Waals surface area contributed by atoms with Crippen LogP contribution >= 0.6 is 11.6 Å². The fourth-order valence-corrected chi connectivity index (χ4v) is 2.51. The van der Waals surface area contributed by atoms with Crippen molar-refractivity contribution in [3.63, 3.8) is 0 Å². The number of halogens is 1. The Morgan fingerprint density at radius 3 is 3.15 bits per heavy atom. The van der Waals surface area contributed by atoms with E-state index < -0.39 is 0 Å². The Morgan fingerprint density at radius 1 is 1.60 bits per heavy atom. The van der Waals surface area contributed by atoms with E-state index in [2.05, 4.69) is 17.3 Å². The highest BCUT2D eigenvalue weighted by molar-refractivity contribution is 6.32. The van der Waals surface area contributed by atoms with Crippen LogP contribution in [0.5, 0.6) is 0 Å². The predicted molar refractivity (Wildman–Crippen MR) is 80.5 cm³/mol. The lowest BCUT2D eigenvalue weighted by Gasteiger charge is -2.12. The summed E-state index contributed by atoms with van der Waals surface area (Å²) in [5, 5.41) is 7.55. The number of ether oxygens (including phenoxy) is 1. The van der Waals surface area contributed by atoms with Crippen LogP contribution in [0.3, 0.4) is 0 Å². The third-order valence-corrected chi connectivity index (χ3v) is 3.88. The summed E-state index contributed by atoms with van der Waals surface area (Å²) in [6.07, 6.45) is 7.10. The van der Waals surface area contributed by atoms with Crippen LogP contribution in [0.2, 0.25) is 5.02 Å². The number of aryl methyl sites for hydroxylation is 1. The third-order valence-electron chi connectivity index (χ3n) is 3.51. The highest BCUT2D eigenvalue weighted by Gasteiger charge is 2.15. The van der Waals surface area contributed by atoms with Gasteiger partial charge in [-0.2, -0.15) is 5.10 Å². The molecule has 1 aliphatic heterocycles. The number of unbranched alkanes of at least 4 members (excludes halogenated alkanes) is 1. The Morgan fingerprint density at radius 2 is 2.45 bits per heavy atom. The summed E-state index contributed by atoms with van der Waals surface area (Å²) >= 11 is 6.11. The van der Waals surface area contributed by atoms with E-state index in [1.165, 1.54) is 4.68 Å². The number of nitrogens with zero attached hydrogens (tertiary/aromatic N) is 2. The molecule has 1 N–H and O–H groups in total. The van der Waals surface area contributed by atoms with Gasteiger partial charge in [0.2, 0.25) is 0 Å². The fraction of sp³-hybridized carbons (Fsp3) is 0.714. The second-order valence-corrected chi connectivity index (χ2v) is 5.48. The van der Waals surface area contributed by atoms with Crippen molar-refractivity contribution < 1.29 is 4.74 Å². The Balaban J connectivity index is 1.91. The van der Waals surface area contributed by atoms with Gasteiger partial charge in [-0.15, -0.1) is 0 Å². The molecule has 1 aliphatic rings. The van der Waals surface area contributed by atoms with Crippen LogP contribution in [-0.4, -0.2) is 29.0 Å². The molecule has 20 heavy (non-hydrogen) atoms. The lowest BCUT2D eigenvalue weighted by atomic mass is 10.2. The van der Waals surface area contributed by atoms with Gasteiger partial charge in [0.25, 0.3) is 5.56 Å². The van der Waals surface area contributed by atoms with E-state index in [0.29, 0.717) is 18.3 Å². The quantitative estimate of drug-likeness (QED) is 0.841. The molecule has 5 nitrogen and oxygen atoms in total. The molecule has 1 unspecified atom stereocenters. The van der Waals surface area contributed by atoms with Crippen LogP contribution in [-0.2, 0) is 11.3 Å². The molecular formula is C14H22ClN3O2. The molecule has 0 aliphatic carbocycles. The maximum absolute atomic E-state index is 12.0. The Labute approximate surface area is 124 Å². The SMILES string of the molecule is CCCCn1ncc(NCCC2CCCO2)c(Cl)c1=O. The molecule has 0 amide bonds. The summed E-state index contributed by atoms with van der Waals surface area (Å²) in [5.74, 6) is 0. The molecule has 2 heterocycles. The molecule has 1 fully saturated rings. The summed E-state index contributed by atoms with van der Waals surface area (Å²) in [5.41, 5.74) is 0.393. The predicted octanol–water partition coefficient (Wildman–Crippen LogP) is 2.68. The molecule has 1 saturated heterocycles. The molecule has 1 aromatic heterocycles. The maximum atomic E-state index is 12.0. The van der Waals surface area contributed by atoms with Gasteiger partial charge >= 0.3 is 0 Å². The molecule has 112 valence electrons. The molecule has 0 bridgehead atoms. The van der Waals surface area contributed by atoms with Crippen LogP contribution in [0.25, 0.3) is 0 Å². The number of anilines is 1. The minimum absolute atomic E-state index is 0.220. The first-order valence-corrected chi connectivity index (χ1v) is 7.71. The van der Waals surface area contributed by atoms with Gasteiger partial charge in [0.05, 0.1) is 18.0 Å². The summed E-state index contributed by atoms with van der Waals surface area (Å²) in [6.45, 7) is 4.30. The van der Waals surface area contributed by atoms with Crippen molar-refractivity contribution in [2.45, 2.75) is 51.7 Å². The van der Waals surface area contributed by atoms with Crippen molar-refractivity contribution in [3.8, 4) is 0 Å². The van der Waals surface area contributed by atoms with E-state index in [1.807, 2.05) is 0 Å². The third kappa shape index (κ3) is 3.96. The molecule has 0 spiro atoms. The molecule has 6 heteroatoms. The van der Waals surface area contributed by atoms with Gasteiger partial charge in [-0.05, 0) is 25.7 Å². The van der Waals surface area contributed by atoms with Crippen LogP contribution in [0, 0.1) is 0 Å². The average molecular weight is 300 g/mol. The number of nitrogens with one attached hydrogen (secondary N) is 1. The largest absolute Gasteiger partial charge is 0.382 e. The standard InChI is InChI=1S/C14H22ClN3O2/c1-2-3-8-18-14(19)13(15)12(10-17-18)16-7-6-11-5-4-9-20-11/h10-11,16H,2-9H2,1H3. The highest BCUT2D eigenvalue weighted by Crippen LogP contribution is 2.18. The normalized spacial score (nSPS) is 18.4. The number of aromatic nitrogens is 2. The zero-order chi connectivity index (χ0) is 14.4. The number of hydrogen-bond acceptors (Lipinski definition) is 4. The number of rotatable bonds is 7. The monoisotopic (exact) mass is 299 g/mol. The van der Waals surface area contributed by atoms with Gasteiger partial charge in [0.1, 0.15) is 5.02 Å². The van der Waals surface area contributed by atoms with E-state index >= 15 is 0 Å². The zero-order valence-corrected chi connectivity index (χ0v) is 12.7. The average Bonchev–Trinajstić information content (AvgIpc) is 2.96. The van der Waals surface area contributed by atoms with Crippen molar-refractivity contribution in [1.29, 1.82) is 0 Å². The molecule has 0 radical (unpaired) electrons. The van der Waals surface area contributed by atoms with Crippen LogP contribution < -0.4 is 10.9 Å². The first-order chi connectivity index (χ1) is 9.72. The summed E-state index contributed by atoms with van der Waals surface area (Å²) < 4.78 is 6.98. The molecule has 0 aromatic carbocycles. The van der Waals surface area contributed by atoms with Crippen molar-refractivity contribution >= 4 is 17.3 Å². The molecular weight excluding hydrogens is 278 g/mol. The minimum atomic E-state index is -0.220. The van der Waals surface area contributed by atoms with Crippen molar-refractivity contribution in [1.82, 2.24) is 9.78 Å². The van der Waals surface area contributed by atoms with Crippen LogP contribution in [0.15, 0.2) is 11.0 Å². The lowest BCUT2D eigenvalue weighted by Crippen LogP contribution is -2.24. The van der Waals surface area contributed by atoms with Crippen molar-refractivity contribution in [2.24, 2.45) is 0 Å². The molecule has 0 saturated carbocycles. The topological polar surface area (TPSA) is 56.1 Å². The van der Waals surface area contributed by atoms with Gasteiger partial charge in [-0.25, -0.2) is 4.68 Å². The van der Waals surface area contributed by atoms with E-state index in [4.69, 9.17) is 16.3 Å². The van der Waals surface area contributed by atoms with Gasteiger partial charge in [-0.3, -0.25) is 4.79 Å². The summed E-state index contributed by atoms with van der Waals surface area (Å²) in [6, 6.07) is 0. The maximum Gasteiger partial charge on any atom is 0.287 e. The first-order valence-electron chi connectivity index (χ1n) is 7.33. The smallest absolute Gasteiger partial charge is 0.287 e. The highest BCUT2D eigenvalue weighted by atomic mass is 35.5. The van der Waals surface area contributed by atoms with Crippen LogP contribution in [0.4, 0.5) is 5.69 Å². The minimum Gasteiger partial charge on any atom is -0.382 e. The summed E-state index contributed by atoms with van der Waals surface area (Å²) in [7, 11) is 0. The second-order valence-electron chi connectivity index (χ2n) is 5.10. The zero-order valence-electron chi connectivity index (χ0n) is 11.9. The van der Waals surface area contributed by atoms with E-state index in [0.717, 1.165) is 45.3 Å². The van der Waals surface area contributed by atoms with E-state index in [9.17, 15) is 4.79 Å². The first kappa shape index (κ1) is 15.3. The van der Waals surface area contributed by atoms with Crippen molar-refractivity contribution in [3.05, 3.63) is 21.6 Å². The Kier molecular flexibility index (Phi) is 5.86. The van der Waals surface area contributed by atoms with E-state index in [-0.39, 0.29) is 10.6 Å². The van der Waals surface area contributed by atoms with Gasteiger partial charge in [0, 0.05) is 19.7 Å². The molecule has 2 rings (SSSR count). The van der Waals surface area contributed by atoms with Crippen LogP contribution in [0.1, 0.15) is 39.0 Å². The second kappa shape index (κ2) is 7.64. The lowest BCUT2D eigenvalue weighted by molar-refractivity contribution is 0.107. The van der Waals surface area contributed by atoms with Gasteiger partial charge in [0.15, 0.2) is 0 Å². The fourth-order valence-electron chi connectivity index (χ4n) is 2.30. The number of hydrogen-bond donors (Lipinski definition) is 1. The summed E-state index contributed by atoms with van der Waals surface area (Å²) in [4.78, 5) is 12.0. The Hall–Kier alpha value is -1.07. The van der Waals surface area contributed by atoms with Gasteiger partial charge in [-0.1, -0.05) is 24.9 Å². The van der Waals surface area contributed by atoms with E-state index in [1.54, 1.807) is 6.20 Å².